The molecule has 66 valence electrons. The first-order chi connectivity index (χ1) is 5.90. The van der Waals surface area contributed by atoms with Gasteiger partial charge in [-0.1, -0.05) is 0 Å². The summed E-state index contributed by atoms with van der Waals surface area (Å²) in [6.07, 6.45) is -0.276. The first kappa shape index (κ1) is 8.12. The van der Waals surface area contributed by atoms with Gasteiger partial charge in [-0.25, -0.2) is 4.98 Å². The highest BCUT2D eigenvalue weighted by atomic mass is 32.1. The molecule has 0 aromatic carbocycles. The quantitative estimate of drug-likeness (QED) is 0.731. The molecule has 5 heteroatoms. The van der Waals surface area contributed by atoms with Crippen molar-refractivity contribution < 1.29 is 9.47 Å². The fourth-order valence-electron chi connectivity index (χ4n) is 1.07. The van der Waals surface area contributed by atoms with Crippen LogP contribution in [-0.2, 0) is 9.47 Å². The molecule has 1 aliphatic rings. The third kappa shape index (κ3) is 1.49. The van der Waals surface area contributed by atoms with Crippen LogP contribution in [0.1, 0.15) is 12.0 Å². The predicted octanol–water partition coefficient (Wildman–Crippen LogP) is 0.516. The predicted molar refractivity (Wildman–Crippen MR) is 44.7 cm³/mol. The van der Waals surface area contributed by atoms with Crippen LogP contribution in [0.3, 0.4) is 0 Å². The fourth-order valence-corrected chi connectivity index (χ4v) is 1.62. The molecular weight excluding hydrogens is 176 g/mol. The van der Waals surface area contributed by atoms with Gasteiger partial charge in [-0.05, 0) is 0 Å². The van der Waals surface area contributed by atoms with Crippen molar-refractivity contribution in [2.45, 2.75) is 12.4 Å². The van der Waals surface area contributed by atoms with Gasteiger partial charge in [-0.3, -0.25) is 0 Å². The zero-order valence-corrected chi connectivity index (χ0v) is 7.29. The van der Waals surface area contributed by atoms with Crippen LogP contribution in [0.5, 0.6) is 0 Å². The van der Waals surface area contributed by atoms with E-state index >= 15 is 0 Å². The number of nitrogens with zero attached hydrogens (tertiary/aromatic N) is 1. The number of hydrogen-bond donors (Lipinski definition) is 1. The summed E-state index contributed by atoms with van der Waals surface area (Å²) < 4.78 is 10.8. The van der Waals surface area contributed by atoms with E-state index in [9.17, 15) is 0 Å². The second-order valence-corrected chi connectivity index (χ2v) is 3.29. The van der Waals surface area contributed by atoms with Gasteiger partial charge >= 0.3 is 0 Å². The van der Waals surface area contributed by atoms with Gasteiger partial charge in [0.15, 0.2) is 0 Å². The summed E-state index contributed by atoms with van der Waals surface area (Å²) in [5, 5.41) is 1.92. The minimum absolute atomic E-state index is 0.0247. The van der Waals surface area contributed by atoms with Gasteiger partial charge in [0.25, 0.3) is 0 Å². The van der Waals surface area contributed by atoms with E-state index in [4.69, 9.17) is 15.2 Å². The molecule has 1 aliphatic heterocycles. The molecule has 2 unspecified atom stereocenters. The Bertz CT molecular complexity index is 240. The first-order valence-corrected chi connectivity index (χ1v) is 4.69. The van der Waals surface area contributed by atoms with Gasteiger partial charge in [0.05, 0.1) is 18.2 Å². The van der Waals surface area contributed by atoms with Crippen molar-refractivity contribution in [1.82, 2.24) is 4.98 Å². The van der Waals surface area contributed by atoms with Crippen LogP contribution in [0.25, 0.3) is 0 Å². The lowest BCUT2D eigenvalue weighted by atomic mass is 10.4. The smallest absolute Gasteiger partial charge is 0.202 e. The van der Waals surface area contributed by atoms with E-state index in [1.165, 1.54) is 11.3 Å². The van der Waals surface area contributed by atoms with Crippen molar-refractivity contribution in [3.05, 3.63) is 16.6 Å². The molecule has 0 saturated carbocycles. The van der Waals surface area contributed by atoms with Crippen LogP contribution in [0.15, 0.2) is 10.9 Å². The highest BCUT2D eigenvalue weighted by Crippen LogP contribution is 2.25. The largest absolute Gasteiger partial charge is 0.344 e. The fraction of sp³-hybridized carbons (Fsp3) is 0.571. The molecular formula is C7H10N2O2S. The molecule has 1 aromatic heterocycles. The van der Waals surface area contributed by atoms with E-state index < -0.39 is 0 Å². The number of hydrogen-bond acceptors (Lipinski definition) is 5. The Morgan fingerprint density at radius 2 is 2.67 bits per heavy atom. The molecule has 2 atom stereocenters. The molecule has 0 spiro atoms. The number of ether oxygens (including phenoxy) is 2. The van der Waals surface area contributed by atoms with Crippen LogP contribution in [0, 0.1) is 0 Å². The molecule has 1 fully saturated rings. The third-order valence-corrected chi connectivity index (χ3v) is 2.31. The zero-order valence-electron chi connectivity index (χ0n) is 6.47. The second kappa shape index (κ2) is 3.49. The molecule has 2 heterocycles. The average Bonchev–Trinajstić information content (AvgIpc) is 2.75. The molecule has 1 aromatic rings. The summed E-state index contributed by atoms with van der Waals surface area (Å²) in [5.41, 5.74) is 8.03. The average molecular weight is 186 g/mol. The first-order valence-electron chi connectivity index (χ1n) is 3.75. The molecule has 12 heavy (non-hydrogen) atoms. The maximum absolute atomic E-state index is 5.45. The molecule has 4 nitrogen and oxygen atoms in total. The van der Waals surface area contributed by atoms with Crippen molar-refractivity contribution in [3.8, 4) is 0 Å². The van der Waals surface area contributed by atoms with Crippen molar-refractivity contribution in [3.63, 3.8) is 0 Å². The molecule has 1 saturated heterocycles. The van der Waals surface area contributed by atoms with Crippen LogP contribution >= 0.6 is 11.3 Å². The van der Waals surface area contributed by atoms with E-state index in [0.717, 1.165) is 5.69 Å². The van der Waals surface area contributed by atoms with Crippen molar-refractivity contribution >= 4 is 11.3 Å². The Balaban J connectivity index is 2.00. The minimum Gasteiger partial charge on any atom is -0.344 e. The van der Waals surface area contributed by atoms with Gasteiger partial charge in [-0.15, -0.1) is 11.3 Å². The lowest BCUT2D eigenvalue weighted by molar-refractivity contribution is -0.0611. The van der Waals surface area contributed by atoms with Crippen molar-refractivity contribution in [2.24, 2.45) is 5.73 Å². The number of aromatic nitrogens is 1. The van der Waals surface area contributed by atoms with Gasteiger partial charge in [-0.2, -0.15) is 0 Å². The second-order valence-electron chi connectivity index (χ2n) is 2.57. The SMILES string of the molecule is NCC1COC(c2cscn2)O1. The molecule has 0 radical (unpaired) electrons. The van der Waals surface area contributed by atoms with Gasteiger partial charge in [0.1, 0.15) is 5.69 Å². The zero-order chi connectivity index (χ0) is 8.39. The van der Waals surface area contributed by atoms with E-state index in [2.05, 4.69) is 4.98 Å². The van der Waals surface area contributed by atoms with E-state index in [1.54, 1.807) is 5.51 Å². The summed E-state index contributed by atoms with van der Waals surface area (Å²) in [6.45, 7) is 1.07. The molecule has 2 N–H and O–H groups in total. The Hall–Kier alpha value is -0.490. The van der Waals surface area contributed by atoms with E-state index in [0.29, 0.717) is 13.2 Å². The topological polar surface area (TPSA) is 57.4 Å². The minimum atomic E-state index is -0.301. The summed E-state index contributed by atoms with van der Waals surface area (Å²) in [4.78, 5) is 4.09. The monoisotopic (exact) mass is 186 g/mol. The number of rotatable bonds is 2. The highest BCUT2D eigenvalue weighted by Gasteiger charge is 2.27. The van der Waals surface area contributed by atoms with E-state index in [1.807, 2.05) is 5.38 Å². The Morgan fingerprint density at radius 1 is 1.75 bits per heavy atom. The molecule has 2 rings (SSSR count). The van der Waals surface area contributed by atoms with Crippen LogP contribution in [-0.4, -0.2) is 24.2 Å². The summed E-state index contributed by atoms with van der Waals surface area (Å²) in [6, 6.07) is 0. The maximum Gasteiger partial charge on any atom is 0.202 e. The van der Waals surface area contributed by atoms with Crippen LogP contribution in [0.4, 0.5) is 0 Å². The molecule has 0 aliphatic carbocycles. The van der Waals surface area contributed by atoms with Gasteiger partial charge in [0, 0.05) is 11.9 Å². The third-order valence-electron chi connectivity index (χ3n) is 1.71. The van der Waals surface area contributed by atoms with Crippen LogP contribution in [0.2, 0.25) is 0 Å². The summed E-state index contributed by atoms with van der Waals surface area (Å²) >= 11 is 1.53. The van der Waals surface area contributed by atoms with E-state index in [-0.39, 0.29) is 12.4 Å². The van der Waals surface area contributed by atoms with Gasteiger partial charge in [0.2, 0.25) is 6.29 Å². The van der Waals surface area contributed by atoms with Crippen molar-refractivity contribution in [1.29, 1.82) is 0 Å². The molecule has 0 amide bonds. The van der Waals surface area contributed by atoms with Crippen LogP contribution < -0.4 is 5.73 Å². The number of thiazole rings is 1. The number of nitrogens with two attached hydrogens (primary N) is 1. The van der Waals surface area contributed by atoms with Gasteiger partial charge < -0.3 is 15.2 Å². The summed E-state index contributed by atoms with van der Waals surface area (Å²) in [5.74, 6) is 0. The lowest BCUT2D eigenvalue weighted by Crippen LogP contribution is -2.21. The maximum atomic E-state index is 5.45. The Labute approximate surface area is 74.3 Å². The highest BCUT2D eigenvalue weighted by molar-refractivity contribution is 7.07. The lowest BCUT2D eigenvalue weighted by Gasteiger charge is -2.06. The molecule has 0 bridgehead atoms. The van der Waals surface area contributed by atoms with Crippen molar-refractivity contribution in [2.75, 3.05) is 13.2 Å². The Kier molecular flexibility index (Phi) is 2.36. The Morgan fingerprint density at radius 3 is 3.25 bits per heavy atom. The normalized spacial score (nSPS) is 29.4. The summed E-state index contributed by atoms with van der Waals surface area (Å²) in [7, 11) is 0. The standard InChI is InChI=1S/C7H10N2O2S/c8-1-5-2-10-7(11-5)6-3-12-4-9-6/h3-5,7H,1-2,8H2.